The smallest absolute Gasteiger partial charge is 0.336 e. The molecule has 13 heteroatoms. The van der Waals surface area contributed by atoms with E-state index in [1.807, 2.05) is 22.6 Å². The number of carbonyl (C=O) groups is 3. The maximum absolute atomic E-state index is 12.6. The van der Waals surface area contributed by atoms with Crippen LogP contribution in [0, 0.1) is 0 Å². The van der Waals surface area contributed by atoms with Crippen molar-refractivity contribution in [2.75, 3.05) is 19.8 Å². The topological polar surface area (TPSA) is 145 Å². The van der Waals surface area contributed by atoms with E-state index in [2.05, 4.69) is 13.2 Å². The Hall–Kier alpha value is -3.23. The van der Waals surface area contributed by atoms with Crippen LogP contribution in [0.3, 0.4) is 0 Å². The van der Waals surface area contributed by atoms with Crippen LogP contribution in [0.1, 0.15) is 0 Å². The third-order valence-corrected chi connectivity index (χ3v) is 3.96. The molecule has 0 spiro atoms. The minimum Gasteiger partial charge on any atom is -0.461 e. The van der Waals surface area contributed by atoms with E-state index in [1.54, 1.807) is 0 Å². The van der Waals surface area contributed by atoms with E-state index in [4.69, 9.17) is 14.2 Å². The van der Waals surface area contributed by atoms with Crippen LogP contribution in [0.15, 0.2) is 49.9 Å². The summed E-state index contributed by atoms with van der Waals surface area (Å²) < 4.78 is 17.9. The summed E-state index contributed by atoms with van der Waals surface area (Å²) in [5.74, 6) is -2.19. The standard InChI is InChI=1S/C18H20IN3O9/c1-3-13(23)29-10-7-20-16(26)21(8-11-30-14(24)4-2)18(28)22(17(20)27)9-12-31-15(25)5-6-19/h3-6H,1-2,7-12H2/b6-5+. The second-order valence-corrected chi connectivity index (χ2v) is 6.23. The predicted molar refractivity (Wildman–Crippen MR) is 116 cm³/mol. The number of carbonyl (C=O) groups excluding carboxylic acids is 3. The Bertz CT molecular complexity index is 985. The van der Waals surface area contributed by atoms with Crippen molar-refractivity contribution < 1.29 is 28.6 Å². The molecule has 1 aromatic rings. The average Bonchev–Trinajstić information content (AvgIpc) is 2.75. The van der Waals surface area contributed by atoms with Gasteiger partial charge in [-0.1, -0.05) is 35.7 Å². The molecular weight excluding hydrogens is 529 g/mol. The van der Waals surface area contributed by atoms with Crippen LogP contribution in [0.25, 0.3) is 0 Å². The fourth-order valence-corrected chi connectivity index (χ4v) is 2.48. The quantitative estimate of drug-likeness (QED) is 0.141. The van der Waals surface area contributed by atoms with Gasteiger partial charge in [0.2, 0.25) is 0 Å². The Morgan fingerprint density at radius 2 is 1.03 bits per heavy atom. The molecule has 31 heavy (non-hydrogen) atoms. The van der Waals surface area contributed by atoms with E-state index >= 15 is 0 Å². The molecule has 1 rings (SSSR count). The molecule has 0 N–H and O–H groups in total. The number of hydrogen-bond acceptors (Lipinski definition) is 9. The maximum Gasteiger partial charge on any atom is 0.336 e. The SMILES string of the molecule is C=CC(=O)OCCn1c(=O)n(CCOC(=O)C=C)c(=O)n(CCOC(=O)/C=C/I)c1=O. The molecule has 0 saturated heterocycles. The average molecular weight is 549 g/mol. The highest BCUT2D eigenvalue weighted by atomic mass is 127. The van der Waals surface area contributed by atoms with Gasteiger partial charge in [-0.25, -0.2) is 42.5 Å². The Labute approximate surface area is 189 Å². The highest BCUT2D eigenvalue weighted by Gasteiger charge is 2.16. The minimum absolute atomic E-state index is 0.315. The summed E-state index contributed by atoms with van der Waals surface area (Å²) in [5, 5.41) is 0. The molecule has 0 aliphatic carbocycles. The molecule has 0 bridgehead atoms. The molecule has 0 aliphatic rings. The molecule has 0 amide bonds. The van der Waals surface area contributed by atoms with E-state index in [0.29, 0.717) is 13.7 Å². The van der Waals surface area contributed by atoms with Crippen LogP contribution < -0.4 is 17.1 Å². The minimum atomic E-state index is -0.986. The van der Waals surface area contributed by atoms with Gasteiger partial charge in [-0.2, -0.15) is 0 Å². The summed E-state index contributed by atoms with van der Waals surface area (Å²) >= 11 is 1.82. The molecule has 0 atom stereocenters. The Balaban J connectivity index is 3.22. The third-order valence-electron chi connectivity index (χ3n) is 3.60. The van der Waals surface area contributed by atoms with Crippen molar-refractivity contribution in [1.29, 1.82) is 0 Å². The van der Waals surface area contributed by atoms with Crippen LogP contribution >= 0.6 is 22.6 Å². The predicted octanol–water partition coefficient (Wildman–Crippen LogP) is -0.878. The van der Waals surface area contributed by atoms with Crippen molar-refractivity contribution in [2.24, 2.45) is 0 Å². The van der Waals surface area contributed by atoms with Crippen LogP contribution in [-0.4, -0.2) is 51.4 Å². The molecule has 1 heterocycles. The lowest BCUT2D eigenvalue weighted by atomic mass is 10.5. The molecule has 0 radical (unpaired) electrons. The van der Waals surface area contributed by atoms with E-state index in [9.17, 15) is 28.8 Å². The summed E-state index contributed by atoms with van der Waals surface area (Å²) in [6, 6.07) is 0. The molecule has 168 valence electrons. The summed E-state index contributed by atoms with van der Waals surface area (Å²) in [7, 11) is 0. The normalized spacial score (nSPS) is 10.5. The summed E-state index contributed by atoms with van der Waals surface area (Å²) in [6.45, 7) is 4.44. The summed E-state index contributed by atoms with van der Waals surface area (Å²) in [4.78, 5) is 71.6. The number of esters is 3. The second-order valence-electron chi connectivity index (χ2n) is 5.51. The van der Waals surface area contributed by atoms with Crippen molar-refractivity contribution in [3.63, 3.8) is 0 Å². The highest BCUT2D eigenvalue weighted by molar-refractivity contribution is 14.1. The van der Waals surface area contributed by atoms with Gasteiger partial charge in [0.15, 0.2) is 0 Å². The van der Waals surface area contributed by atoms with Gasteiger partial charge in [0.05, 0.1) is 19.6 Å². The Morgan fingerprint density at radius 1 is 0.710 bits per heavy atom. The maximum atomic E-state index is 12.6. The first-order valence-corrected chi connectivity index (χ1v) is 9.97. The van der Waals surface area contributed by atoms with Gasteiger partial charge in [0, 0.05) is 18.2 Å². The molecule has 12 nitrogen and oxygen atoms in total. The van der Waals surface area contributed by atoms with Crippen molar-refractivity contribution >= 4 is 40.5 Å². The third kappa shape index (κ3) is 7.84. The first-order chi connectivity index (χ1) is 14.8. The fourth-order valence-electron chi connectivity index (χ4n) is 2.19. The highest BCUT2D eigenvalue weighted by Crippen LogP contribution is 1.89. The van der Waals surface area contributed by atoms with Gasteiger partial charge in [0.25, 0.3) is 0 Å². The number of halogens is 1. The first-order valence-electron chi connectivity index (χ1n) is 8.73. The lowest BCUT2D eigenvalue weighted by molar-refractivity contribution is -0.138. The lowest BCUT2D eigenvalue weighted by Gasteiger charge is -2.14. The van der Waals surface area contributed by atoms with Gasteiger partial charge < -0.3 is 14.2 Å². The zero-order valence-corrected chi connectivity index (χ0v) is 18.5. The van der Waals surface area contributed by atoms with Gasteiger partial charge in [-0.3, -0.25) is 0 Å². The van der Waals surface area contributed by atoms with Crippen molar-refractivity contribution in [3.05, 3.63) is 66.9 Å². The van der Waals surface area contributed by atoms with E-state index in [0.717, 1.165) is 18.2 Å². The van der Waals surface area contributed by atoms with Gasteiger partial charge in [0.1, 0.15) is 19.8 Å². The van der Waals surface area contributed by atoms with E-state index < -0.39 is 35.0 Å². The van der Waals surface area contributed by atoms with Crippen LogP contribution in [0.2, 0.25) is 0 Å². The van der Waals surface area contributed by atoms with Gasteiger partial charge >= 0.3 is 35.0 Å². The van der Waals surface area contributed by atoms with E-state index in [-0.39, 0.29) is 39.5 Å². The number of rotatable bonds is 12. The lowest BCUT2D eigenvalue weighted by Crippen LogP contribution is -2.55. The zero-order valence-electron chi connectivity index (χ0n) is 16.4. The molecule has 1 aromatic heterocycles. The first kappa shape index (κ1) is 25.8. The van der Waals surface area contributed by atoms with E-state index in [1.165, 1.54) is 4.08 Å². The summed E-state index contributed by atoms with van der Waals surface area (Å²) in [6.07, 6.45) is 2.97. The monoisotopic (exact) mass is 549 g/mol. The molecule has 0 fully saturated rings. The van der Waals surface area contributed by atoms with Crippen LogP contribution in [0.5, 0.6) is 0 Å². The zero-order chi connectivity index (χ0) is 23.4. The molecule has 0 unspecified atom stereocenters. The van der Waals surface area contributed by atoms with Crippen molar-refractivity contribution in [2.45, 2.75) is 19.6 Å². The number of ether oxygens (including phenoxy) is 3. The van der Waals surface area contributed by atoms with Crippen LogP contribution in [0.4, 0.5) is 0 Å². The number of hydrogen-bond donors (Lipinski definition) is 0. The largest absolute Gasteiger partial charge is 0.461 e. The van der Waals surface area contributed by atoms with Gasteiger partial charge in [-0.15, -0.1) is 0 Å². The number of nitrogens with zero attached hydrogens (tertiary/aromatic N) is 3. The molecular formula is C18H20IN3O9. The number of aromatic nitrogens is 3. The Kier molecular flexibility index (Phi) is 10.9. The summed E-state index contributed by atoms with van der Waals surface area (Å²) in [5.41, 5.74) is -2.95. The van der Waals surface area contributed by atoms with Crippen molar-refractivity contribution in [1.82, 2.24) is 13.7 Å². The fraction of sp³-hybridized carbons (Fsp3) is 0.333. The van der Waals surface area contributed by atoms with Crippen LogP contribution in [-0.2, 0) is 48.2 Å². The van der Waals surface area contributed by atoms with Crippen molar-refractivity contribution in [3.8, 4) is 0 Å². The molecule has 0 saturated carbocycles. The van der Waals surface area contributed by atoms with Gasteiger partial charge in [-0.05, 0) is 4.08 Å². The Morgan fingerprint density at radius 3 is 1.32 bits per heavy atom. The molecule has 0 aromatic carbocycles. The second kappa shape index (κ2) is 13.1. The molecule has 0 aliphatic heterocycles.